The predicted molar refractivity (Wildman–Crippen MR) is 115 cm³/mol. The molecule has 2 aromatic carbocycles. The van der Waals surface area contributed by atoms with Crippen LogP contribution in [0.5, 0.6) is 0 Å². The number of fused-ring (bicyclic) bond motifs is 3. The monoisotopic (exact) mass is 422 g/mol. The van der Waals surface area contributed by atoms with Crippen LogP contribution in [0, 0.1) is 5.92 Å². The third-order valence-corrected chi connectivity index (χ3v) is 6.07. The molecule has 0 unspecified atom stereocenters. The molecule has 1 heterocycles. The standard InChI is InChI=1S/C24H26N2O5/c1-2-21(23(29)26-12-15(13-26)11-22(27)28)25-24(30)31-14-20-18-9-5-3-7-16(18)17-8-4-6-10-19(17)20/h3-10,15,20-21H,2,11-14H2,1H3,(H,25,30)(H,27,28)/t21-/m1/s1. The Morgan fingerprint density at radius 2 is 1.65 bits per heavy atom. The second kappa shape index (κ2) is 8.79. The molecule has 1 aliphatic heterocycles. The first-order chi connectivity index (χ1) is 15.0. The molecule has 2 aliphatic rings. The number of aliphatic carboxylic acids is 1. The number of likely N-dealkylation sites (tertiary alicyclic amines) is 1. The minimum Gasteiger partial charge on any atom is -0.481 e. The Morgan fingerprint density at radius 1 is 1.06 bits per heavy atom. The summed E-state index contributed by atoms with van der Waals surface area (Å²) in [5.74, 6) is -1.12. The molecule has 1 atom stereocenters. The molecule has 0 saturated carbocycles. The van der Waals surface area contributed by atoms with E-state index >= 15 is 0 Å². The number of carboxylic acids is 1. The van der Waals surface area contributed by atoms with Gasteiger partial charge in [0, 0.05) is 24.9 Å². The number of nitrogens with zero attached hydrogens (tertiary/aromatic N) is 1. The first-order valence-electron chi connectivity index (χ1n) is 10.6. The van der Waals surface area contributed by atoms with Gasteiger partial charge in [0.15, 0.2) is 0 Å². The first-order valence-corrected chi connectivity index (χ1v) is 10.6. The summed E-state index contributed by atoms with van der Waals surface area (Å²) in [5, 5.41) is 11.5. The summed E-state index contributed by atoms with van der Waals surface area (Å²) in [6.45, 7) is 2.83. The minimum absolute atomic E-state index is 0.0200. The highest BCUT2D eigenvalue weighted by atomic mass is 16.5. The van der Waals surface area contributed by atoms with Crippen molar-refractivity contribution in [2.75, 3.05) is 19.7 Å². The lowest BCUT2D eigenvalue weighted by molar-refractivity contribution is -0.146. The fourth-order valence-electron chi connectivity index (χ4n) is 4.47. The molecule has 0 radical (unpaired) electrons. The van der Waals surface area contributed by atoms with E-state index in [0.717, 1.165) is 22.3 Å². The quantitative estimate of drug-likeness (QED) is 0.714. The number of carboxylic acid groups (broad SMARTS) is 1. The van der Waals surface area contributed by atoms with E-state index < -0.39 is 18.1 Å². The summed E-state index contributed by atoms with van der Waals surface area (Å²) in [6, 6.07) is 15.5. The van der Waals surface area contributed by atoms with Gasteiger partial charge in [0.2, 0.25) is 5.91 Å². The molecular weight excluding hydrogens is 396 g/mol. The van der Waals surface area contributed by atoms with Gasteiger partial charge in [-0.15, -0.1) is 0 Å². The van der Waals surface area contributed by atoms with Crippen molar-refractivity contribution in [3.8, 4) is 11.1 Å². The minimum atomic E-state index is -0.860. The number of benzene rings is 2. The van der Waals surface area contributed by atoms with Gasteiger partial charge in [-0.05, 0) is 28.7 Å². The van der Waals surface area contributed by atoms with Crippen LogP contribution in [0.25, 0.3) is 11.1 Å². The molecule has 31 heavy (non-hydrogen) atoms. The average molecular weight is 422 g/mol. The SMILES string of the molecule is CC[C@@H](NC(=O)OCC1c2ccccc2-c2ccccc21)C(=O)N1CC(CC(=O)O)C1. The summed E-state index contributed by atoms with van der Waals surface area (Å²) in [7, 11) is 0. The number of amides is 2. The van der Waals surface area contributed by atoms with Gasteiger partial charge in [-0.25, -0.2) is 4.79 Å². The maximum absolute atomic E-state index is 12.6. The number of hydrogen-bond donors (Lipinski definition) is 2. The molecule has 1 aliphatic carbocycles. The van der Waals surface area contributed by atoms with Gasteiger partial charge in [-0.2, -0.15) is 0 Å². The highest BCUT2D eigenvalue weighted by Crippen LogP contribution is 2.44. The summed E-state index contributed by atoms with van der Waals surface area (Å²) in [5.41, 5.74) is 4.57. The number of ether oxygens (including phenoxy) is 1. The highest BCUT2D eigenvalue weighted by molar-refractivity contribution is 5.86. The zero-order valence-corrected chi connectivity index (χ0v) is 17.4. The lowest BCUT2D eigenvalue weighted by Crippen LogP contribution is -2.57. The number of carbonyl (C=O) groups is 3. The van der Waals surface area contributed by atoms with Crippen LogP contribution in [0.4, 0.5) is 4.79 Å². The first kappa shape index (κ1) is 20.9. The maximum atomic E-state index is 12.6. The van der Waals surface area contributed by atoms with Crippen LogP contribution in [0.2, 0.25) is 0 Å². The summed E-state index contributed by atoms with van der Waals surface area (Å²) in [6.07, 6.45) is -0.131. The van der Waals surface area contributed by atoms with Crippen molar-refractivity contribution in [3.05, 3.63) is 59.7 Å². The molecule has 2 aromatic rings. The molecule has 162 valence electrons. The lowest BCUT2D eigenvalue weighted by atomic mass is 9.95. The van der Waals surface area contributed by atoms with Crippen LogP contribution < -0.4 is 5.32 Å². The van der Waals surface area contributed by atoms with Crippen molar-refractivity contribution in [2.45, 2.75) is 31.7 Å². The van der Waals surface area contributed by atoms with Gasteiger partial charge >= 0.3 is 12.1 Å². The molecule has 2 N–H and O–H groups in total. The molecule has 4 rings (SSSR count). The van der Waals surface area contributed by atoms with E-state index in [9.17, 15) is 14.4 Å². The predicted octanol–water partition coefficient (Wildman–Crippen LogP) is 3.24. The van der Waals surface area contributed by atoms with Gasteiger partial charge < -0.3 is 20.1 Å². The highest BCUT2D eigenvalue weighted by Gasteiger charge is 2.36. The number of alkyl carbamates (subject to hydrolysis) is 1. The Hall–Kier alpha value is -3.35. The smallest absolute Gasteiger partial charge is 0.407 e. The number of nitrogens with one attached hydrogen (secondary N) is 1. The van der Waals surface area contributed by atoms with Crippen LogP contribution in [-0.4, -0.2) is 53.7 Å². The zero-order valence-electron chi connectivity index (χ0n) is 17.4. The van der Waals surface area contributed by atoms with Gasteiger partial charge in [0.1, 0.15) is 12.6 Å². The van der Waals surface area contributed by atoms with E-state index in [2.05, 4.69) is 29.6 Å². The molecule has 1 saturated heterocycles. The second-order valence-electron chi connectivity index (χ2n) is 8.14. The van der Waals surface area contributed by atoms with E-state index in [1.165, 1.54) is 0 Å². The Kier molecular flexibility index (Phi) is 5.93. The normalized spacial score (nSPS) is 16.1. The van der Waals surface area contributed by atoms with Crippen molar-refractivity contribution < 1.29 is 24.2 Å². The van der Waals surface area contributed by atoms with Crippen molar-refractivity contribution in [2.24, 2.45) is 5.92 Å². The molecule has 7 nitrogen and oxygen atoms in total. The largest absolute Gasteiger partial charge is 0.481 e. The Balaban J connectivity index is 1.34. The lowest BCUT2D eigenvalue weighted by Gasteiger charge is -2.40. The molecule has 0 bridgehead atoms. The summed E-state index contributed by atoms with van der Waals surface area (Å²) >= 11 is 0. The third kappa shape index (κ3) is 4.26. The topological polar surface area (TPSA) is 95.9 Å². The number of hydrogen-bond acceptors (Lipinski definition) is 4. The van der Waals surface area contributed by atoms with Gasteiger partial charge in [-0.1, -0.05) is 55.5 Å². The maximum Gasteiger partial charge on any atom is 0.407 e. The molecule has 0 spiro atoms. The van der Waals surface area contributed by atoms with Crippen molar-refractivity contribution in [1.29, 1.82) is 0 Å². The van der Waals surface area contributed by atoms with Crippen molar-refractivity contribution in [1.82, 2.24) is 10.2 Å². The Labute approximate surface area is 181 Å². The van der Waals surface area contributed by atoms with Crippen LogP contribution in [-0.2, 0) is 14.3 Å². The fourth-order valence-corrected chi connectivity index (χ4v) is 4.47. The third-order valence-electron chi connectivity index (χ3n) is 6.07. The molecule has 0 aromatic heterocycles. The van der Waals surface area contributed by atoms with Gasteiger partial charge in [0.25, 0.3) is 0 Å². The van der Waals surface area contributed by atoms with Crippen LogP contribution in [0.15, 0.2) is 48.5 Å². The summed E-state index contributed by atoms with van der Waals surface area (Å²) < 4.78 is 5.53. The van der Waals surface area contributed by atoms with E-state index in [-0.39, 0.29) is 30.8 Å². The van der Waals surface area contributed by atoms with Crippen molar-refractivity contribution >= 4 is 18.0 Å². The van der Waals surface area contributed by atoms with Gasteiger partial charge in [-0.3, -0.25) is 9.59 Å². The van der Waals surface area contributed by atoms with Gasteiger partial charge in [0.05, 0.1) is 6.42 Å². The molecule has 1 fully saturated rings. The second-order valence-corrected chi connectivity index (χ2v) is 8.14. The molecule has 7 heteroatoms. The van der Waals surface area contributed by atoms with E-state index in [1.807, 2.05) is 31.2 Å². The van der Waals surface area contributed by atoms with Crippen molar-refractivity contribution in [3.63, 3.8) is 0 Å². The zero-order chi connectivity index (χ0) is 22.0. The molecular formula is C24H26N2O5. The molecule has 2 amide bonds. The number of rotatable bonds is 7. The van der Waals surface area contributed by atoms with Crippen LogP contribution in [0.3, 0.4) is 0 Å². The number of carbonyl (C=O) groups excluding carboxylic acids is 2. The van der Waals surface area contributed by atoms with Crippen LogP contribution >= 0.6 is 0 Å². The Bertz CT molecular complexity index is 953. The van der Waals surface area contributed by atoms with E-state index in [0.29, 0.717) is 19.5 Å². The fraction of sp³-hybridized carbons (Fsp3) is 0.375. The summed E-state index contributed by atoms with van der Waals surface area (Å²) in [4.78, 5) is 37.4. The van der Waals surface area contributed by atoms with Crippen LogP contribution in [0.1, 0.15) is 36.8 Å². The van der Waals surface area contributed by atoms with E-state index in [1.54, 1.807) is 4.90 Å². The Morgan fingerprint density at radius 3 is 2.19 bits per heavy atom. The average Bonchev–Trinajstić information content (AvgIpc) is 3.06. The van der Waals surface area contributed by atoms with E-state index in [4.69, 9.17) is 9.84 Å².